The number of aliphatic imine (C=N–C) groups is 1. The van der Waals surface area contributed by atoms with Gasteiger partial charge in [0.25, 0.3) is 0 Å². The summed E-state index contributed by atoms with van der Waals surface area (Å²) in [6.45, 7) is 5.96. The molecule has 1 atom stereocenters. The zero-order chi connectivity index (χ0) is 15.4. The molecule has 0 aliphatic heterocycles. The van der Waals surface area contributed by atoms with Crippen molar-refractivity contribution >= 4 is 5.96 Å². The Bertz CT molecular complexity index is 601. The van der Waals surface area contributed by atoms with E-state index in [-0.39, 0.29) is 12.6 Å². The molecule has 0 saturated carbocycles. The standard InChI is InChI=1S/C16H21FN4/c1-10-6-11(2)14-7-13(8-15(14)12(10)3)21-16(20-9-18)19-5-4-17/h6,13H,4-5,7-8H2,1-3H3,(H2,19,20,21). The number of benzene rings is 1. The smallest absolute Gasteiger partial charge is 0.205 e. The third-order valence-corrected chi connectivity index (χ3v) is 4.09. The highest BCUT2D eigenvalue weighted by atomic mass is 19.1. The van der Waals surface area contributed by atoms with Gasteiger partial charge in [-0.1, -0.05) is 6.07 Å². The van der Waals surface area contributed by atoms with Crippen LogP contribution in [0.5, 0.6) is 0 Å². The summed E-state index contributed by atoms with van der Waals surface area (Å²) in [6.07, 6.45) is 3.65. The number of hydrogen-bond acceptors (Lipinski definition) is 2. The van der Waals surface area contributed by atoms with Crippen molar-refractivity contribution < 1.29 is 4.39 Å². The molecular formula is C16H21FN4. The molecule has 0 amide bonds. The first-order valence-electron chi connectivity index (χ1n) is 7.17. The summed E-state index contributed by atoms with van der Waals surface area (Å²) in [5.74, 6) is 0.361. The minimum absolute atomic E-state index is 0.0633. The molecule has 21 heavy (non-hydrogen) atoms. The second kappa shape index (κ2) is 6.57. The van der Waals surface area contributed by atoms with Crippen molar-refractivity contribution in [3.63, 3.8) is 0 Å². The van der Waals surface area contributed by atoms with Crippen LogP contribution < -0.4 is 10.6 Å². The third-order valence-electron chi connectivity index (χ3n) is 4.09. The highest BCUT2D eigenvalue weighted by Crippen LogP contribution is 2.30. The Morgan fingerprint density at radius 3 is 2.71 bits per heavy atom. The van der Waals surface area contributed by atoms with Gasteiger partial charge >= 0.3 is 0 Å². The van der Waals surface area contributed by atoms with Crippen LogP contribution in [0.2, 0.25) is 0 Å². The second-order valence-electron chi connectivity index (χ2n) is 5.50. The number of rotatable bonds is 3. The predicted molar refractivity (Wildman–Crippen MR) is 82.0 cm³/mol. The number of aryl methyl sites for hydroxylation is 2. The van der Waals surface area contributed by atoms with Crippen molar-refractivity contribution in [1.82, 2.24) is 10.6 Å². The van der Waals surface area contributed by atoms with E-state index in [1.54, 1.807) is 0 Å². The van der Waals surface area contributed by atoms with E-state index in [0.29, 0.717) is 5.96 Å². The molecule has 0 aromatic heterocycles. The fourth-order valence-corrected chi connectivity index (χ4v) is 2.97. The fraction of sp³-hybridized carbons (Fsp3) is 0.500. The van der Waals surface area contributed by atoms with Crippen molar-refractivity contribution in [3.8, 4) is 6.19 Å². The molecule has 0 spiro atoms. The molecular weight excluding hydrogens is 267 g/mol. The minimum atomic E-state index is -0.527. The van der Waals surface area contributed by atoms with Crippen LogP contribution in [0.3, 0.4) is 0 Å². The summed E-state index contributed by atoms with van der Waals surface area (Å²) in [6, 6.07) is 2.42. The monoisotopic (exact) mass is 288 g/mol. The number of nitrogens with zero attached hydrogens (tertiary/aromatic N) is 2. The molecule has 2 N–H and O–H groups in total. The van der Waals surface area contributed by atoms with Gasteiger partial charge in [0, 0.05) is 6.04 Å². The van der Waals surface area contributed by atoms with E-state index in [1.807, 2.05) is 6.19 Å². The zero-order valence-electron chi connectivity index (χ0n) is 12.8. The molecule has 2 rings (SSSR count). The molecule has 1 aliphatic carbocycles. The average Bonchev–Trinajstić information content (AvgIpc) is 2.87. The lowest BCUT2D eigenvalue weighted by atomic mass is 9.96. The quantitative estimate of drug-likeness (QED) is 0.387. The van der Waals surface area contributed by atoms with Crippen molar-refractivity contribution in [2.75, 3.05) is 13.2 Å². The minimum Gasteiger partial charge on any atom is -0.352 e. The van der Waals surface area contributed by atoms with Crippen LogP contribution in [0.25, 0.3) is 0 Å². The number of nitriles is 1. The van der Waals surface area contributed by atoms with Gasteiger partial charge in [0.05, 0.1) is 6.54 Å². The zero-order valence-corrected chi connectivity index (χ0v) is 12.8. The van der Waals surface area contributed by atoms with Crippen LogP contribution in [0.1, 0.15) is 27.8 Å². The summed E-state index contributed by atoms with van der Waals surface area (Å²) < 4.78 is 12.2. The number of nitrogens with one attached hydrogen (secondary N) is 2. The summed E-state index contributed by atoms with van der Waals surface area (Å²) in [7, 11) is 0. The predicted octanol–water partition coefficient (Wildman–Crippen LogP) is 2.06. The van der Waals surface area contributed by atoms with Crippen LogP contribution in [0, 0.1) is 32.2 Å². The van der Waals surface area contributed by atoms with E-state index in [1.165, 1.54) is 27.8 Å². The number of halogens is 1. The molecule has 112 valence electrons. The van der Waals surface area contributed by atoms with Crippen molar-refractivity contribution in [3.05, 3.63) is 33.9 Å². The molecule has 0 bridgehead atoms. The number of hydrogen-bond donors (Lipinski definition) is 2. The number of alkyl halides is 1. The normalized spacial score (nSPS) is 17.3. The largest absolute Gasteiger partial charge is 0.352 e. The van der Waals surface area contributed by atoms with E-state index in [0.717, 1.165) is 12.8 Å². The van der Waals surface area contributed by atoms with Gasteiger partial charge in [-0.15, -0.1) is 0 Å². The molecule has 1 aliphatic rings. The molecule has 1 unspecified atom stereocenters. The Morgan fingerprint density at radius 1 is 1.33 bits per heavy atom. The van der Waals surface area contributed by atoms with Crippen LogP contribution in [0.4, 0.5) is 4.39 Å². The summed E-state index contributed by atoms with van der Waals surface area (Å²) in [4.78, 5) is 4.02. The molecule has 1 aromatic rings. The Balaban J connectivity index is 2.14. The van der Waals surface area contributed by atoms with Gasteiger partial charge in [0.15, 0.2) is 6.19 Å². The Kier molecular flexibility index (Phi) is 4.79. The topological polar surface area (TPSA) is 60.2 Å². The van der Waals surface area contributed by atoms with Gasteiger partial charge < -0.3 is 5.32 Å². The third kappa shape index (κ3) is 3.33. The first kappa shape index (κ1) is 15.3. The first-order valence-corrected chi connectivity index (χ1v) is 7.17. The lowest BCUT2D eigenvalue weighted by Gasteiger charge is -2.14. The van der Waals surface area contributed by atoms with E-state index < -0.39 is 6.67 Å². The SMILES string of the molecule is Cc1cc(C)c2c(c1C)CC(NC(=NCCF)NC#N)C2. The van der Waals surface area contributed by atoms with Gasteiger partial charge in [-0.25, -0.2) is 9.38 Å². The average molecular weight is 288 g/mol. The van der Waals surface area contributed by atoms with Crippen LogP contribution in [0.15, 0.2) is 11.1 Å². The maximum Gasteiger partial charge on any atom is 0.205 e. The molecule has 5 heteroatoms. The number of fused-ring (bicyclic) bond motifs is 1. The van der Waals surface area contributed by atoms with E-state index in [2.05, 4.69) is 42.5 Å². The summed E-state index contributed by atoms with van der Waals surface area (Å²) >= 11 is 0. The van der Waals surface area contributed by atoms with Gasteiger partial charge in [-0.3, -0.25) is 5.32 Å². The van der Waals surface area contributed by atoms with E-state index in [9.17, 15) is 4.39 Å². The first-order chi connectivity index (χ1) is 10.1. The van der Waals surface area contributed by atoms with Crippen LogP contribution in [-0.2, 0) is 12.8 Å². The molecule has 0 fully saturated rings. The molecule has 0 radical (unpaired) electrons. The Morgan fingerprint density at radius 2 is 2.05 bits per heavy atom. The van der Waals surface area contributed by atoms with Crippen molar-refractivity contribution in [2.24, 2.45) is 4.99 Å². The van der Waals surface area contributed by atoms with E-state index in [4.69, 9.17) is 5.26 Å². The summed E-state index contributed by atoms with van der Waals surface area (Å²) in [5.41, 5.74) is 6.75. The van der Waals surface area contributed by atoms with Gasteiger partial charge in [-0.05, 0) is 61.4 Å². The van der Waals surface area contributed by atoms with Crippen LogP contribution in [-0.4, -0.2) is 25.2 Å². The van der Waals surface area contributed by atoms with Gasteiger partial charge in [0.1, 0.15) is 6.67 Å². The molecule has 0 saturated heterocycles. The Hall–Kier alpha value is -2.09. The molecule has 1 aromatic carbocycles. The lowest BCUT2D eigenvalue weighted by Crippen LogP contribution is -2.42. The summed E-state index contributed by atoms with van der Waals surface area (Å²) in [5, 5.41) is 14.4. The van der Waals surface area contributed by atoms with Gasteiger partial charge in [-0.2, -0.15) is 5.26 Å². The number of guanidine groups is 1. The Labute approximate surface area is 125 Å². The second-order valence-corrected chi connectivity index (χ2v) is 5.50. The van der Waals surface area contributed by atoms with Crippen molar-refractivity contribution in [2.45, 2.75) is 39.7 Å². The van der Waals surface area contributed by atoms with Crippen LogP contribution >= 0.6 is 0 Å². The maximum atomic E-state index is 12.2. The van der Waals surface area contributed by atoms with Crippen molar-refractivity contribution in [1.29, 1.82) is 5.26 Å². The van der Waals surface area contributed by atoms with Gasteiger partial charge in [0.2, 0.25) is 5.96 Å². The maximum absolute atomic E-state index is 12.2. The molecule has 0 heterocycles. The highest BCUT2D eigenvalue weighted by Gasteiger charge is 2.25. The van der Waals surface area contributed by atoms with E-state index >= 15 is 0 Å². The highest BCUT2D eigenvalue weighted by molar-refractivity contribution is 5.81. The fourth-order valence-electron chi connectivity index (χ4n) is 2.97. The molecule has 4 nitrogen and oxygen atoms in total. The lowest BCUT2D eigenvalue weighted by molar-refractivity contribution is 0.503.